The first-order chi connectivity index (χ1) is 15.8. The Balaban J connectivity index is 2.43. The van der Waals surface area contributed by atoms with Crippen LogP contribution in [-0.4, -0.2) is 50.0 Å². The molecular weight excluding hydrogens is 521 g/mol. The number of benzene rings is 2. The van der Waals surface area contributed by atoms with Crippen LogP contribution in [0.3, 0.4) is 0 Å². The van der Waals surface area contributed by atoms with Crippen LogP contribution in [0.2, 0.25) is 15.1 Å². The Labute approximate surface area is 216 Å². The summed E-state index contributed by atoms with van der Waals surface area (Å²) in [4.78, 5) is 27.7. The molecule has 0 saturated carbocycles. The normalized spacial score (nSPS) is 13.1. The number of rotatable bonds is 10. The number of amides is 2. The summed E-state index contributed by atoms with van der Waals surface area (Å²) in [5, 5.41) is 3.69. The molecule has 186 valence electrons. The van der Waals surface area contributed by atoms with Crippen molar-refractivity contribution in [1.82, 2.24) is 10.2 Å². The maximum absolute atomic E-state index is 13.5. The van der Waals surface area contributed by atoms with Gasteiger partial charge in [0.05, 0.1) is 17.0 Å². The van der Waals surface area contributed by atoms with Crippen LogP contribution >= 0.6 is 34.8 Å². The summed E-state index contributed by atoms with van der Waals surface area (Å²) in [5.41, 5.74) is 0.729. The third-order valence-electron chi connectivity index (χ3n) is 5.32. The molecule has 2 amide bonds. The van der Waals surface area contributed by atoms with Crippen LogP contribution < -0.4 is 9.62 Å². The topological polar surface area (TPSA) is 86.8 Å². The Bertz CT molecular complexity index is 1140. The molecule has 2 atom stereocenters. The Kier molecular flexibility index (Phi) is 10.1. The highest BCUT2D eigenvalue weighted by molar-refractivity contribution is 7.92. The van der Waals surface area contributed by atoms with Crippen molar-refractivity contribution in [3.8, 4) is 0 Å². The number of nitrogens with one attached hydrogen (secondary N) is 1. The van der Waals surface area contributed by atoms with Gasteiger partial charge in [-0.25, -0.2) is 8.42 Å². The van der Waals surface area contributed by atoms with Gasteiger partial charge in [0.2, 0.25) is 21.8 Å². The van der Waals surface area contributed by atoms with E-state index in [-0.39, 0.29) is 29.2 Å². The lowest BCUT2D eigenvalue weighted by atomic mass is 10.1. The summed E-state index contributed by atoms with van der Waals surface area (Å²) in [6, 6.07) is 10.3. The predicted octanol–water partition coefficient (Wildman–Crippen LogP) is 4.74. The van der Waals surface area contributed by atoms with Gasteiger partial charge >= 0.3 is 0 Å². The molecule has 0 aromatic heterocycles. The molecule has 0 bridgehead atoms. The smallest absolute Gasteiger partial charge is 0.244 e. The molecule has 0 unspecified atom stereocenters. The summed E-state index contributed by atoms with van der Waals surface area (Å²) in [6.07, 6.45) is 1.69. The van der Waals surface area contributed by atoms with Crippen molar-refractivity contribution in [2.45, 2.75) is 45.8 Å². The van der Waals surface area contributed by atoms with E-state index in [1.165, 1.54) is 23.1 Å². The minimum absolute atomic E-state index is 0.0134. The maximum Gasteiger partial charge on any atom is 0.244 e. The first-order valence-corrected chi connectivity index (χ1v) is 13.6. The Morgan fingerprint density at radius 3 is 2.24 bits per heavy atom. The van der Waals surface area contributed by atoms with Crippen molar-refractivity contribution >= 4 is 62.3 Å². The summed E-state index contributed by atoms with van der Waals surface area (Å²) in [6.45, 7) is 4.83. The summed E-state index contributed by atoms with van der Waals surface area (Å²) in [7, 11) is -3.90. The molecule has 1 N–H and O–H groups in total. The van der Waals surface area contributed by atoms with Gasteiger partial charge < -0.3 is 10.2 Å². The molecule has 0 aliphatic rings. The van der Waals surface area contributed by atoms with Crippen LogP contribution in [0.4, 0.5) is 5.69 Å². The highest BCUT2D eigenvalue weighted by Crippen LogP contribution is 2.30. The second kappa shape index (κ2) is 12.1. The van der Waals surface area contributed by atoms with E-state index in [4.69, 9.17) is 34.8 Å². The third kappa shape index (κ3) is 7.50. The van der Waals surface area contributed by atoms with E-state index >= 15 is 0 Å². The zero-order valence-corrected chi connectivity index (χ0v) is 22.5. The summed E-state index contributed by atoms with van der Waals surface area (Å²) < 4.78 is 26.1. The number of carbonyl (C=O) groups is 2. The van der Waals surface area contributed by atoms with Gasteiger partial charge in [0, 0.05) is 22.6 Å². The predicted molar refractivity (Wildman–Crippen MR) is 138 cm³/mol. The number of anilines is 1. The summed E-state index contributed by atoms with van der Waals surface area (Å²) in [5.74, 6) is -0.951. The van der Waals surface area contributed by atoms with E-state index in [0.717, 1.165) is 10.6 Å². The van der Waals surface area contributed by atoms with Crippen LogP contribution in [0, 0.1) is 0 Å². The molecule has 11 heteroatoms. The molecule has 34 heavy (non-hydrogen) atoms. The van der Waals surface area contributed by atoms with Crippen molar-refractivity contribution in [2.75, 3.05) is 17.1 Å². The largest absolute Gasteiger partial charge is 0.352 e. The minimum Gasteiger partial charge on any atom is -0.352 e. The van der Waals surface area contributed by atoms with Crippen molar-refractivity contribution in [1.29, 1.82) is 0 Å². The molecular formula is C23H28Cl3N3O4S. The van der Waals surface area contributed by atoms with Gasteiger partial charge in [-0.3, -0.25) is 13.9 Å². The second-order valence-corrected chi connectivity index (χ2v) is 11.1. The van der Waals surface area contributed by atoms with Crippen molar-refractivity contribution in [2.24, 2.45) is 0 Å². The van der Waals surface area contributed by atoms with Gasteiger partial charge in [0.25, 0.3) is 0 Å². The highest BCUT2D eigenvalue weighted by Gasteiger charge is 2.31. The number of sulfonamides is 1. The van der Waals surface area contributed by atoms with Gasteiger partial charge in [-0.1, -0.05) is 59.9 Å². The molecule has 0 spiro atoms. The number of hydrogen-bond acceptors (Lipinski definition) is 4. The lowest BCUT2D eigenvalue weighted by Gasteiger charge is -2.32. The van der Waals surface area contributed by atoms with E-state index in [1.807, 2.05) is 13.8 Å². The average Bonchev–Trinajstić information content (AvgIpc) is 2.76. The van der Waals surface area contributed by atoms with Crippen molar-refractivity contribution in [3.05, 3.63) is 63.1 Å². The Hall–Kier alpha value is -2.00. The van der Waals surface area contributed by atoms with Gasteiger partial charge in [-0.15, -0.1) is 0 Å². The molecule has 0 saturated heterocycles. The van der Waals surface area contributed by atoms with Gasteiger partial charge in [0.1, 0.15) is 12.6 Å². The van der Waals surface area contributed by atoms with Crippen LogP contribution in [0.25, 0.3) is 0 Å². The lowest BCUT2D eigenvalue weighted by Crippen LogP contribution is -2.52. The van der Waals surface area contributed by atoms with Gasteiger partial charge in [0.15, 0.2) is 0 Å². The van der Waals surface area contributed by atoms with E-state index in [0.29, 0.717) is 22.0 Å². The molecule has 0 aliphatic heterocycles. The number of nitrogens with zero attached hydrogens (tertiary/aromatic N) is 2. The number of carbonyl (C=O) groups excluding carboxylic acids is 2. The molecule has 2 rings (SSSR count). The fraction of sp³-hybridized carbons (Fsp3) is 0.391. The van der Waals surface area contributed by atoms with Crippen LogP contribution in [0.15, 0.2) is 42.5 Å². The van der Waals surface area contributed by atoms with E-state index < -0.39 is 28.5 Å². The molecule has 2 aromatic rings. The third-order valence-corrected chi connectivity index (χ3v) is 7.36. The Morgan fingerprint density at radius 1 is 1.03 bits per heavy atom. The van der Waals surface area contributed by atoms with Crippen LogP contribution in [0.5, 0.6) is 0 Å². The quantitative estimate of drug-likeness (QED) is 0.464. The molecule has 2 aromatic carbocycles. The Morgan fingerprint density at radius 2 is 1.68 bits per heavy atom. The zero-order valence-electron chi connectivity index (χ0n) is 19.4. The van der Waals surface area contributed by atoms with Gasteiger partial charge in [-0.05, 0) is 50.1 Å². The molecule has 0 aliphatic carbocycles. The lowest BCUT2D eigenvalue weighted by molar-refractivity contribution is -0.139. The van der Waals surface area contributed by atoms with Crippen LogP contribution in [0.1, 0.15) is 32.8 Å². The van der Waals surface area contributed by atoms with Crippen molar-refractivity contribution in [3.63, 3.8) is 0 Å². The average molecular weight is 549 g/mol. The fourth-order valence-corrected chi connectivity index (χ4v) is 4.75. The SMILES string of the molecule is CC[C@H](C)NC(=O)[C@H](C)N(Cc1ccccc1Cl)C(=O)CN(c1ccc(Cl)cc1Cl)S(C)(=O)=O. The first kappa shape index (κ1) is 28.2. The molecule has 0 heterocycles. The number of halogens is 3. The van der Waals surface area contributed by atoms with Crippen LogP contribution in [-0.2, 0) is 26.2 Å². The minimum atomic E-state index is -3.90. The molecule has 7 nitrogen and oxygen atoms in total. The second-order valence-electron chi connectivity index (χ2n) is 7.97. The molecule has 0 fully saturated rings. The zero-order chi connectivity index (χ0) is 25.6. The summed E-state index contributed by atoms with van der Waals surface area (Å²) >= 11 is 18.5. The van der Waals surface area contributed by atoms with E-state index in [9.17, 15) is 18.0 Å². The van der Waals surface area contributed by atoms with E-state index in [2.05, 4.69) is 5.32 Å². The number of hydrogen-bond donors (Lipinski definition) is 1. The fourth-order valence-electron chi connectivity index (χ4n) is 3.14. The standard InChI is InChI=1S/C23H28Cl3N3O4S/c1-5-15(2)27-23(31)16(3)28(13-17-8-6-7-9-19(17)25)22(30)14-29(34(4,32)33)21-11-10-18(24)12-20(21)26/h6-12,15-16H,5,13-14H2,1-4H3,(H,27,31)/t15-,16-/m0/s1. The first-order valence-electron chi connectivity index (χ1n) is 10.6. The maximum atomic E-state index is 13.5. The van der Waals surface area contributed by atoms with Crippen molar-refractivity contribution < 1.29 is 18.0 Å². The van der Waals surface area contributed by atoms with Gasteiger partial charge in [-0.2, -0.15) is 0 Å². The monoisotopic (exact) mass is 547 g/mol. The van der Waals surface area contributed by atoms with E-state index in [1.54, 1.807) is 31.2 Å². The molecule has 0 radical (unpaired) electrons. The highest BCUT2D eigenvalue weighted by atomic mass is 35.5.